The maximum atomic E-state index is 12.9. The van der Waals surface area contributed by atoms with E-state index in [0.717, 1.165) is 32.0 Å². The zero-order valence-corrected chi connectivity index (χ0v) is 10.8. The summed E-state index contributed by atoms with van der Waals surface area (Å²) in [5, 5.41) is 0. The van der Waals surface area contributed by atoms with E-state index in [4.69, 9.17) is 0 Å². The van der Waals surface area contributed by atoms with Crippen LogP contribution in [0.3, 0.4) is 0 Å². The van der Waals surface area contributed by atoms with Gasteiger partial charge < -0.3 is 0 Å². The Balaban J connectivity index is 2.25. The van der Waals surface area contributed by atoms with Crippen LogP contribution in [0.25, 0.3) is 0 Å². The van der Waals surface area contributed by atoms with Crippen LogP contribution in [0, 0.1) is 0 Å². The van der Waals surface area contributed by atoms with Crippen molar-refractivity contribution < 1.29 is 13.2 Å². The Kier molecular flexibility index (Phi) is 3.78. The number of benzene rings is 1. The molecule has 0 bridgehead atoms. The number of halogens is 4. The number of alkyl halides is 3. The average molecular weight is 308 g/mol. The van der Waals surface area contributed by atoms with Crippen molar-refractivity contribution in [3.63, 3.8) is 0 Å². The molecule has 0 radical (unpaired) electrons. The monoisotopic (exact) mass is 307 g/mol. The van der Waals surface area contributed by atoms with Crippen molar-refractivity contribution in [2.75, 3.05) is 13.1 Å². The van der Waals surface area contributed by atoms with Crippen molar-refractivity contribution in [1.29, 1.82) is 0 Å². The summed E-state index contributed by atoms with van der Waals surface area (Å²) in [6, 6.07) is 4.39. The van der Waals surface area contributed by atoms with Crippen molar-refractivity contribution in [3.05, 3.63) is 33.8 Å². The SMILES string of the molecule is FC(F)(F)c1cc(Br)ccc1CN1CCCC1. The highest BCUT2D eigenvalue weighted by Crippen LogP contribution is 2.34. The molecule has 0 N–H and O–H groups in total. The minimum Gasteiger partial charge on any atom is -0.299 e. The minimum absolute atomic E-state index is 0.364. The molecule has 1 fully saturated rings. The van der Waals surface area contributed by atoms with Gasteiger partial charge in [-0.2, -0.15) is 13.2 Å². The van der Waals surface area contributed by atoms with Gasteiger partial charge in [0, 0.05) is 11.0 Å². The molecule has 2 rings (SSSR count). The quantitative estimate of drug-likeness (QED) is 0.796. The van der Waals surface area contributed by atoms with E-state index in [-0.39, 0.29) is 0 Å². The molecule has 1 aliphatic heterocycles. The fraction of sp³-hybridized carbons (Fsp3) is 0.500. The molecule has 1 aromatic carbocycles. The van der Waals surface area contributed by atoms with E-state index in [9.17, 15) is 13.2 Å². The third kappa shape index (κ3) is 3.22. The Hall–Kier alpha value is -0.550. The molecule has 0 amide bonds. The maximum Gasteiger partial charge on any atom is 0.416 e. The molecule has 1 aromatic rings. The summed E-state index contributed by atoms with van der Waals surface area (Å²) in [5.74, 6) is 0. The molecule has 1 saturated heterocycles. The van der Waals surface area contributed by atoms with Crippen molar-refractivity contribution in [2.24, 2.45) is 0 Å². The highest BCUT2D eigenvalue weighted by atomic mass is 79.9. The van der Waals surface area contributed by atoms with E-state index in [2.05, 4.69) is 20.8 Å². The summed E-state index contributed by atoms with van der Waals surface area (Å²) in [6.07, 6.45) is -2.12. The van der Waals surface area contributed by atoms with E-state index in [1.54, 1.807) is 12.1 Å². The summed E-state index contributed by atoms with van der Waals surface area (Å²) >= 11 is 3.09. The number of rotatable bonds is 2. The van der Waals surface area contributed by atoms with Gasteiger partial charge in [0.25, 0.3) is 0 Å². The molecule has 1 aliphatic rings. The summed E-state index contributed by atoms with van der Waals surface area (Å²) in [6.45, 7) is 2.18. The van der Waals surface area contributed by atoms with Crippen LogP contribution in [0.2, 0.25) is 0 Å². The normalized spacial score (nSPS) is 17.6. The van der Waals surface area contributed by atoms with E-state index < -0.39 is 11.7 Å². The van der Waals surface area contributed by atoms with Crippen LogP contribution in [0.4, 0.5) is 13.2 Å². The molecular weight excluding hydrogens is 295 g/mol. The fourth-order valence-electron chi connectivity index (χ4n) is 2.13. The first-order chi connectivity index (χ1) is 7.97. The highest BCUT2D eigenvalue weighted by molar-refractivity contribution is 9.10. The van der Waals surface area contributed by atoms with Crippen LogP contribution in [0.15, 0.2) is 22.7 Å². The van der Waals surface area contributed by atoms with Gasteiger partial charge in [-0.1, -0.05) is 22.0 Å². The predicted octanol–water partition coefficient (Wildman–Crippen LogP) is 4.06. The predicted molar refractivity (Wildman–Crippen MR) is 63.7 cm³/mol. The molecule has 17 heavy (non-hydrogen) atoms. The Bertz CT molecular complexity index is 397. The summed E-state index contributed by atoms with van der Waals surface area (Å²) in [4.78, 5) is 2.07. The first-order valence-electron chi connectivity index (χ1n) is 5.55. The van der Waals surface area contributed by atoms with Crippen molar-refractivity contribution >= 4 is 15.9 Å². The van der Waals surface area contributed by atoms with Crippen molar-refractivity contribution in [2.45, 2.75) is 25.6 Å². The average Bonchev–Trinajstić information content (AvgIpc) is 2.72. The Morgan fingerprint density at radius 3 is 2.41 bits per heavy atom. The van der Waals surface area contributed by atoms with E-state index in [1.807, 2.05) is 0 Å². The molecule has 0 saturated carbocycles. The topological polar surface area (TPSA) is 3.24 Å². The third-order valence-corrected chi connectivity index (χ3v) is 3.46. The fourth-order valence-corrected chi connectivity index (χ4v) is 2.49. The van der Waals surface area contributed by atoms with Gasteiger partial charge in [0.15, 0.2) is 0 Å². The standard InChI is InChI=1S/C12H13BrF3N/c13-10-4-3-9(8-17-5-1-2-6-17)11(7-10)12(14,15)16/h3-4,7H,1-2,5-6,8H2. The lowest BCUT2D eigenvalue weighted by atomic mass is 10.1. The van der Waals surface area contributed by atoms with Crippen LogP contribution >= 0.6 is 15.9 Å². The molecule has 0 unspecified atom stereocenters. The highest BCUT2D eigenvalue weighted by Gasteiger charge is 2.33. The third-order valence-electron chi connectivity index (χ3n) is 2.97. The lowest BCUT2D eigenvalue weighted by molar-refractivity contribution is -0.138. The van der Waals surface area contributed by atoms with Crippen LogP contribution in [-0.2, 0) is 12.7 Å². The van der Waals surface area contributed by atoms with Gasteiger partial charge in [0.2, 0.25) is 0 Å². The van der Waals surface area contributed by atoms with Gasteiger partial charge in [-0.05, 0) is 43.6 Å². The number of hydrogen-bond donors (Lipinski definition) is 0. The van der Waals surface area contributed by atoms with Crippen molar-refractivity contribution in [1.82, 2.24) is 4.90 Å². The molecule has 5 heteroatoms. The van der Waals surface area contributed by atoms with Gasteiger partial charge in [0.05, 0.1) is 5.56 Å². The van der Waals surface area contributed by atoms with Gasteiger partial charge in [0.1, 0.15) is 0 Å². The first kappa shape index (κ1) is 12.9. The van der Waals surface area contributed by atoms with Crippen LogP contribution in [0.5, 0.6) is 0 Å². The Morgan fingerprint density at radius 2 is 1.82 bits per heavy atom. The van der Waals surface area contributed by atoms with Gasteiger partial charge in [-0.25, -0.2) is 0 Å². The second kappa shape index (κ2) is 4.98. The zero-order valence-electron chi connectivity index (χ0n) is 9.23. The van der Waals surface area contributed by atoms with Crippen LogP contribution in [-0.4, -0.2) is 18.0 Å². The molecule has 0 aromatic heterocycles. The number of likely N-dealkylation sites (tertiary alicyclic amines) is 1. The molecule has 1 heterocycles. The minimum atomic E-state index is -4.28. The van der Waals surface area contributed by atoms with Gasteiger partial charge >= 0.3 is 6.18 Å². The second-order valence-electron chi connectivity index (χ2n) is 4.28. The lowest BCUT2D eigenvalue weighted by Crippen LogP contribution is -2.21. The Morgan fingerprint density at radius 1 is 1.18 bits per heavy atom. The summed E-state index contributed by atoms with van der Waals surface area (Å²) in [5.41, 5.74) is -0.165. The summed E-state index contributed by atoms with van der Waals surface area (Å²) < 4.78 is 39.1. The van der Waals surface area contributed by atoms with Crippen LogP contribution < -0.4 is 0 Å². The summed E-state index contributed by atoms with van der Waals surface area (Å²) in [7, 11) is 0. The molecule has 94 valence electrons. The molecule has 1 nitrogen and oxygen atoms in total. The first-order valence-corrected chi connectivity index (χ1v) is 6.34. The maximum absolute atomic E-state index is 12.9. The van der Waals surface area contributed by atoms with Crippen molar-refractivity contribution in [3.8, 4) is 0 Å². The van der Waals surface area contributed by atoms with E-state index in [0.29, 0.717) is 16.6 Å². The smallest absolute Gasteiger partial charge is 0.299 e. The molecular formula is C12H13BrF3N. The van der Waals surface area contributed by atoms with E-state index in [1.165, 1.54) is 0 Å². The van der Waals surface area contributed by atoms with Gasteiger partial charge in [-0.3, -0.25) is 4.90 Å². The molecule has 0 aliphatic carbocycles. The lowest BCUT2D eigenvalue weighted by Gasteiger charge is -2.19. The van der Waals surface area contributed by atoms with Crippen LogP contribution in [0.1, 0.15) is 24.0 Å². The van der Waals surface area contributed by atoms with Gasteiger partial charge in [-0.15, -0.1) is 0 Å². The number of nitrogens with zero attached hydrogens (tertiary/aromatic N) is 1. The largest absolute Gasteiger partial charge is 0.416 e. The zero-order chi connectivity index (χ0) is 12.5. The number of hydrogen-bond acceptors (Lipinski definition) is 1. The Labute approximate surface area is 107 Å². The van der Waals surface area contributed by atoms with E-state index >= 15 is 0 Å². The molecule has 0 atom stereocenters. The second-order valence-corrected chi connectivity index (χ2v) is 5.20. The molecule has 0 spiro atoms.